The lowest BCUT2D eigenvalue weighted by molar-refractivity contribution is 0.167. The summed E-state index contributed by atoms with van der Waals surface area (Å²) in [7, 11) is 1.36. The van der Waals surface area contributed by atoms with E-state index in [1.807, 2.05) is 75.4 Å². The van der Waals surface area contributed by atoms with E-state index in [-0.39, 0.29) is 12.1 Å². The summed E-state index contributed by atoms with van der Waals surface area (Å²) in [4.78, 5) is 11.4. The number of benzene rings is 3. The minimum atomic E-state index is -0.444. The second-order valence-corrected chi connectivity index (χ2v) is 6.87. The maximum absolute atomic E-state index is 11.4. The monoisotopic (exact) mass is 379 g/mol. The summed E-state index contributed by atoms with van der Waals surface area (Å²) < 4.78 is 16.4. The standard InChI is InChI=1S/C23H25NO4/c1-15(2)27-20-6-5-7-21(14-20)28-22-11-10-18-12-17(8-9-19(18)13-22)16(3)24-23(25)26-4/h5-16H,1-4H3,(H,24,25). The van der Waals surface area contributed by atoms with E-state index >= 15 is 0 Å². The van der Waals surface area contributed by atoms with Gasteiger partial charge >= 0.3 is 6.09 Å². The number of alkyl carbamates (subject to hydrolysis) is 1. The highest BCUT2D eigenvalue weighted by Gasteiger charge is 2.10. The summed E-state index contributed by atoms with van der Waals surface area (Å²) in [6.07, 6.45) is -0.332. The number of fused-ring (bicyclic) bond motifs is 1. The van der Waals surface area contributed by atoms with Crippen molar-refractivity contribution in [3.8, 4) is 17.2 Å². The van der Waals surface area contributed by atoms with Gasteiger partial charge in [0, 0.05) is 6.07 Å². The minimum absolute atomic E-state index is 0.112. The first-order valence-corrected chi connectivity index (χ1v) is 9.27. The van der Waals surface area contributed by atoms with Crippen LogP contribution in [0, 0.1) is 0 Å². The number of nitrogens with one attached hydrogen (secondary N) is 1. The maximum Gasteiger partial charge on any atom is 0.407 e. The molecule has 0 aliphatic rings. The Bertz CT molecular complexity index is 968. The average Bonchev–Trinajstić information content (AvgIpc) is 2.67. The molecule has 1 amide bonds. The lowest BCUT2D eigenvalue weighted by Gasteiger charge is -2.14. The zero-order valence-corrected chi connectivity index (χ0v) is 16.6. The average molecular weight is 379 g/mol. The fourth-order valence-electron chi connectivity index (χ4n) is 2.91. The zero-order valence-electron chi connectivity index (χ0n) is 16.6. The molecule has 3 rings (SSSR count). The molecule has 0 heterocycles. The highest BCUT2D eigenvalue weighted by Crippen LogP contribution is 2.29. The molecule has 0 spiro atoms. The van der Waals surface area contributed by atoms with Gasteiger partial charge in [0.2, 0.25) is 0 Å². The van der Waals surface area contributed by atoms with E-state index in [9.17, 15) is 4.79 Å². The van der Waals surface area contributed by atoms with Crippen molar-refractivity contribution >= 4 is 16.9 Å². The van der Waals surface area contributed by atoms with Crippen molar-refractivity contribution in [3.05, 3.63) is 66.2 Å². The van der Waals surface area contributed by atoms with Crippen molar-refractivity contribution < 1.29 is 19.0 Å². The van der Waals surface area contributed by atoms with Crippen molar-refractivity contribution in [2.75, 3.05) is 7.11 Å². The lowest BCUT2D eigenvalue weighted by atomic mass is 10.0. The molecule has 3 aromatic carbocycles. The van der Waals surface area contributed by atoms with Crippen LogP contribution in [0.25, 0.3) is 10.8 Å². The van der Waals surface area contributed by atoms with E-state index in [2.05, 4.69) is 16.1 Å². The fourth-order valence-corrected chi connectivity index (χ4v) is 2.91. The van der Waals surface area contributed by atoms with Crippen LogP contribution in [0.4, 0.5) is 4.79 Å². The summed E-state index contributed by atoms with van der Waals surface area (Å²) in [5.74, 6) is 2.26. The molecule has 0 fully saturated rings. The molecular formula is C23H25NO4. The van der Waals surface area contributed by atoms with Crippen molar-refractivity contribution in [1.82, 2.24) is 5.32 Å². The van der Waals surface area contributed by atoms with E-state index in [0.29, 0.717) is 0 Å². The first-order chi connectivity index (χ1) is 13.4. The summed E-state index contributed by atoms with van der Waals surface area (Å²) in [5.41, 5.74) is 1.00. The van der Waals surface area contributed by atoms with E-state index in [4.69, 9.17) is 9.47 Å². The second kappa shape index (κ2) is 8.65. The number of rotatable bonds is 6. The first-order valence-electron chi connectivity index (χ1n) is 9.27. The van der Waals surface area contributed by atoms with Crippen LogP contribution in [-0.4, -0.2) is 19.3 Å². The number of amides is 1. The number of carbonyl (C=O) groups excluding carboxylic acids is 1. The fraction of sp³-hybridized carbons (Fsp3) is 0.261. The van der Waals surface area contributed by atoms with Gasteiger partial charge in [0.15, 0.2) is 0 Å². The van der Waals surface area contributed by atoms with Crippen molar-refractivity contribution in [1.29, 1.82) is 0 Å². The molecule has 0 aliphatic heterocycles. The third-order valence-electron chi connectivity index (χ3n) is 4.27. The molecule has 0 aliphatic carbocycles. The van der Waals surface area contributed by atoms with Crippen LogP contribution in [0.3, 0.4) is 0 Å². The molecule has 0 radical (unpaired) electrons. The molecule has 0 saturated heterocycles. The number of hydrogen-bond acceptors (Lipinski definition) is 4. The molecule has 1 unspecified atom stereocenters. The number of ether oxygens (including phenoxy) is 3. The molecule has 146 valence electrons. The highest BCUT2D eigenvalue weighted by molar-refractivity contribution is 5.85. The van der Waals surface area contributed by atoms with Gasteiger partial charge in [-0.05, 0) is 67.4 Å². The smallest absolute Gasteiger partial charge is 0.407 e. The Balaban J connectivity index is 1.77. The molecule has 0 bridgehead atoms. The Morgan fingerprint density at radius 1 is 0.857 bits per heavy atom. The van der Waals surface area contributed by atoms with E-state index < -0.39 is 6.09 Å². The van der Waals surface area contributed by atoms with Crippen LogP contribution in [0.15, 0.2) is 60.7 Å². The van der Waals surface area contributed by atoms with Crippen LogP contribution in [0.1, 0.15) is 32.4 Å². The van der Waals surface area contributed by atoms with Gasteiger partial charge in [-0.15, -0.1) is 0 Å². The van der Waals surface area contributed by atoms with Gasteiger partial charge in [-0.25, -0.2) is 4.79 Å². The van der Waals surface area contributed by atoms with Gasteiger partial charge in [0.25, 0.3) is 0 Å². The minimum Gasteiger partial charge on any atom is -0.491 e. The highest BCUT2D eigenvalue weighted by atomic mass is 16.5. The zero-order chi connectivity index (χ0) is 20.1. The largest absolute Gasteiger partial charge is 0.491 e. The number of hydrogen-bond donors (Lipinski definition) is 1. The second-order valence-electron chi connectivity index (χ2n) is 6.87. The molecule has 0 saturated carbocycles. The van der Waals surface area contributed by atoms with Gasteiger partial charge in [-0.2, -0.15) is 0 Å². The quantitative estimate of drug-likeness (QED) is 0.585. The first kappa shape index (κ1) is 19.5. The third-order valence-corrected chi connectivity index (χ3v) is 4.27. The Kier molecular flexibility index (Phi) is 6.04. The van der Waals surface area contributed by atoms with E-state index in [1.54, 1.807) is 0 Å². The number of carbonyl (C=O) groups is 1. The van der Waals surface area contributed by atoms with Crippen molar-refractivity contribution in [2.24, 2.45) is 0 Å². The van der Waals surface area contributed by atoms with Gasteiger partial charge in [0.1, 0.15) is 17.2 Å². The van der Waals surface area contributed by atoms with Crippen molar-refractivity contribution in [2.45, 2.75) is 32.9 Å². The molecular weight excluding hydrogens is 354 g/mol. The number of methoxy groups -OCH3 is 1. The van der Waals surface area contributed by atoms with Gasteiger partial charge in [-0.3, -0.25) is 0 Å². The Labute approximate surface area is 165 Å². The summed E-state index contributed by atoms with van der Waals surface area (Å²) in [6.45, 7) is 5.90. The predicted octanol–water partition coefficient (Wildman–Crippen LogP) is 5.84. The van der Waals surface area contributed by atoms with Crippen LogP contribution in [0.5, 0.6) is 17.2 Å². The van der Waals surface area contributed by atoms with Gasteiger partial charge < -0.3 is 19.5 Å². The van der Waals surface area contributed by atoms with Crippen molar-refractivity contribution in [3.63, 3.8) is 0 Å². The van der Waals surface area contributed by atoms with Crippen LogP contribution in [-0.2, 0) is 4.74 Å². The Morgan fingerprint density at radius 3 is 2.29 bits per heavy atom. The summed E-state index contributed by atoms with van der Waals surface area (Å²) >= 11 is 0. The van der Waals surface area contributed by atoms with Crippen LogP contribution >= 0.6 is 0 Å². The normalized spacial score (nSPS) is 11.9. The van der Waals surface area contributed by atoms with Crippen LogP contribution < -0.4 is 14.8 Å². The maximum atomic E-state index is 11.4. The predicted molar refractivity (Wildman–Crippen MR) is 110 cm³/mol. The molecule has 1 atom stereocenters. The summed E-state index contributed by atoms with van der Waals surface area (Å²) in [6, 6.07) is 19.5. The van der Waals surface area contributed by atoms with Crippen LogP contribution in [0.2, 0.25) is 0 Å². The molecule has 0 aromatic heterocycles. The Morgan fingerprint density at radius 2 is 1.54 bits per heavy atom. The topological polar surface area (TPSA) is 56.8 Å². The molecule has 28 heavy (non-hydrogen) atoms. The SMILES string of the molecule is COC(=O)NC(C)c1ccc2cc(Oc3cccc(OC(C)C)c3)ccc2c1. The van der Waals surface area contributed by atoms with E-state index in [0.717, 1.165) is 33.6 Å². The van der Waals surface area contributed by atoms with Gasteiger partial charge in [-0.1, -0.05) is 24.3 Å². The van der Waals surface area contributed by atoms with Gasteiger partial charge in [0.05, 0.1) is 19.3 Å². The Hall–Kier alpha value is -3.21. The summed E-state index contributed by atoms with van der Waals surface area (Å²) in [5, 5.41) is 4.90. The molecule has 3 aromatic rings. The lowest BCUT2D eigenvalue weighted by Crippen LogP contribution is -2.26. The molecule has 5 heteroatoms. The molecule has 5 nitrogen and oxygen atoms in total. The molecule has 1 N–H and O–H groups in total. The third kappa shape index (κ3) is 4.94. The van der Waals surface area contributed by atoms with E-state index in [1.165, 1.54) is 7.11 Å².